The predicted molar refractivity (Wildman–Crippen MR) is 76.1 cm³/mol. The Morgan fingerprint density at radius 3 is 2.43 bits per heavy atom. The second-order valence-electron chi connectivity index (χ2n) is 4.98. The molecule has 1 aromatic carbocycles. The van der Waals surface area contributed by atoms with Crippen molar-refractivity contribution in [1.29, 1.82) is 0 Å². The van der Waals surface area contributed by atoms with Crippen LogP contribution in [0.25, 0.3) is 10.8 Å². The first-order valence-corrected chi connectivity index (χ1v) is 6.43. The number of carbonyl (C=O) groups is 2. The average molecular weight is 289 g/mol. The van der Waals surface area contributed by atoms with E-state index >= 15 is 0 Å². The molecule has 0 saturated heterocycles. The van der Waals surface area contributed by atoms with Crippen molar-refractivity contribution in [1.82, 2.24) is 15.5 Å². The highest BCUT2D eigenvalue weighted by Gasteiger charge is 2.25. The summed E-state index contributed by atoms with van der Waals surface area (Å²) in [6.07, 6.45) is 0. The van der Waals surface area contributed by atoms with Crippen LogP contribution in [0.4, 0.5) is 0 Å². The molecule has 110 valence electrons. The Morgan fingerprint density at radius 1 is 1.24 bits per heavy atom. The first kappa shape index (κ1) is 14.7. The van der Waals surface area contributed by atoms with Crippen molar-refractivity contribution >= 4 is 22.6 Å². The highest BCUT2D eigenvalue weighted by molar-refractivity contribution is 6.05. The number of nitrogens with one attached hydrogen (secondary N) is 2. The van der Waals surface area contributed by atoms with E-state index in [9.17, 15) is 14.4 Å². The molecule has 1 atom stereocenters. The molecule has 0 bridgehead atoms. The van der Waals surface area contributed by atoms with E-state index in [0.717, 1.165) is 0 Å². The number of nitrogens with zero attached hydrogens (tertiary/aromatic N) is 1. The van der Waals surface area contributed by atoms with Crippen LogP contribution >= 0.6 is 0 Å². The lowest BCUT2D eigenvalue weighted by Gasteiger charge is -2.17. The number of H-pyrrole nitrogens is 1. The number of hydrogen-bond acceptors (Lipinski definition) is 4. The van der Waals surface area contributed by atoms with Gasteiger partial charge in [-0.2, -0.15) is 5.10 Å². The summed E-state index contributed by atoms with van der Waals surface area (Å²) in [5, 5.41) is 18.2. The number of benzene rings is 1. The molecule has 0 radical (unpaired) electrons. The molecular weight excluding hydrogens is 274 g/mol. The average Bonchev–Trinajstić information content (AvgIpc) is 2.44. The maximum atomic E-state index is 12.2. The second kappa shape index (κ2) is 5.74. The molecule has 0 saturated carbocycles. The predicted octanol–water partition coefficient (Wildman–Crippen LogP) is 0.762. The molecule has 0 fully saturated rings. The van der Waals surface area contributed by atoms with Crippen molar-refractivity contribution in [2.24, 2.45) is 5.92 Å². The molecule has 1 aromatic heterocycles. The van der Waals surface area contributed by atoms with Gasteiger partial charge in [-0.3, -0.25) is 9.59 Å². The van der Waals surface area contributed by atoms with Gasteiger partial charge in [0.2, 0.25) is 0 Å². The van der Waals surface area contributed by atoms with Crippen molar-refractivity contribution in [3.05, 3.63) is 40.3 Å². The summed E-state index contributed by atoms with van der Waals surface area (Å²) >= 11 is 0. The molecule has 0 aliphatic rings. The van der Waals surface area contributed by atoms with Gasteiger partial charge in [-0.25, -0.2) is 9.89 Å². The van der Waals surface area contributed by atoms with Crippen LogP contribution in [0, 0.1) is 5.92 Å². The van der Waals surface area contributed by atoms with Gasteiger partial charge in [-0.05, 0) is 12.0 Å². The van der Waals surface area contributed by atoms with E-state index in [-0.39, 0.29) is 11.6 Å². The number of aliphatic carboxylic acids is 1. The lowest BCUT2D eigenvalue weighted by molar-refractivity contribution is -0.140. The fourth-order valence-corrected chi connectivity index (χ4v) is 2.01. The van der Waals surface area contributed by atoms with Gasteiger partial charge < -0.3 is 10.4 Å². The van der Waals surface area contributed by atoms with Crippen LogP contribution in [0.15, 0.2) is 29.1 Å². The van der Waals surface area contributed by atoms with Gasteiger partial charge in [0, 0.05) is 5.39 Å². The Morgan fingerprint density at radius 2 is 1.86 bits per heavy atom. The Labute approximate surface area is 120 Å². The van der Waals surface area contributed by atoms with Crippen LogP contribution in [0.2, 0.25) is 0 Å². The zero-order chi connectivity index (χ0) is 15.6. The van der Waals surface area contributed by atoms with E-state index in [0.29, 0.717) is 10.8 Å². The first-order valence-electron chi connectivity index (χ1n) is 6.43. The van der Waals surface area contributed by atoms with Crippen molar-refractivity contribution in [2.45, 2.75) is 19.9 Å². The van der Waals surface area contributed by atoms with Gasteiger partial charge >= 0.3 is 5.97 Å². The van der Waals surface area contributed by atoms with E-state index in [1.54, 1.807) is 38.1 Å². The van der Waals surface area contributed by atoms with Crippen molar-refractivity contribution in [2.75, 3.05) is 0 Å². The van der Waals surface area contributed by atoms with Crippen LogP contribution in [-0.2, 0) is 4.79 Å². The zero-order valence-corrected chi connectivity index (χ0v) is 11.6. The molecule has 1 heterocycles. The normalized spacial score (nSPS) is 12.3. The molecule has 0 aliphatic carbocycles. The lowest BCUT2D eigenvalue weighted by Crippen LogP contribution is -2.44. The van der Waals surface area contributed by atoms with Crippen LogP contribution in [0.3, 0.4) is 0 Å². The minimum absolute atomic E-state index is 0.00269. The topological polar surface area (TPSA) is 112 Å². The molecule has 1 amide bonds. The SMILES string of the molecule is CC(C)C(NC(=O)c1n[nH]c(=O)c2ccccc12)C(=O)O. The van der Waals surface area contributed by atoms with E-state index in [2.05, 4.69) is 15.5 Å². The van der Waals surface area contributed by atoms with E-state index < -0.39 is 23.5 Å². The Balaban J connectivity index is 2.43. The number of amides is 1. The molecule has 2 aromatic rings. The summed E-state index contributed by atoms with van der Waals surface area (Å²) < 4.78 is 0. The summed E-state index contributed by atoms with van der Waals surface area (Å²) in [6, 6.07) is 5.50. The van der Waals surface area contributed by atoms with Gasteiger partial charge in [0.15, 0.2) is 5.69 Å². The number of aromatic amines is 1. The minimum atomic E-state index is -1.12. The van der Waals surface area contributed by atoms with E-state index in [1.165, 1.54) is 0 Å². The van der Waals surface area contributed by atoms with E-state index in [1.807, 2.05) is 0 Å². The van der Waals surface area contributed by atoms with Gasteiger partial charge in [-0.1, -0.05) is 32.0 Å². The van der Waals surface area contributed by atoms with Gasteiger partial charge in [0.25, 0.3) is 11.5 Å². The third-order valence-corrected chi connectivity index (χ3v) is 3.13. The number of carbonyl (C=O) groups excluding carboxylic acids is 1. The fourth-order valence-electron chi connectivity index (χ4n) is 2.01. The van der Waals surface area contributed by atoms with Gasteiger partial charge in [-0.15, -0.1) is 0 Å². The second-order valence-corrected chi connectivity index (χ2v) is 4.98. The zero-order valence-electron chi connectivity index (χ0n) is 11.6. The maximum Gasteiger partial charge on any atom is 0.326 e. The quantitative estimate of drug-likeness (QED) is 0.769. The van der Waals surface area contributed by atoms with Crippen LogP contribution in [0.1, 0.15) is 24.3 Å². The third kappa shape index (κ3) is 2.91. The monoisotopic (exact) mass is 289 g/mol. The van der Waals surface area contributed by atoms with Crippen LogP contribution < -0.4 is 10.9 Å². The smallest absolute Gasteiger partial charge is 0.326 e. The first-order chi connectivity index (χ1) is 9.91. The van der Waals surface area contributed by atoms with Crippen LogP contribution in [0.5, 0.6) is 0 Å². The van der Waals surface area contributed by atoms with Gasteiger partial charge in [0.05, 0.1) is 5.39 Å². The molecule has 7 nitrogen and oxygen atoms in total. The Bertz CT molecular complexity index is 751. The summed E-state index contributed by atoms with van der Waals surface area (Å²) in [7, 11) is 0. The van der Waals surface area contributed by atoms with Crippen molar-refractivity contribution in [3.8, 4) is 0 Å². The fraction of sp³-hybridized carbons (Fsp3) is 0.286. The lowest BCUT2D eigenvalue weighted by atomic mass is 10.0. The highest BCUT2D eigenvalue weighted by atomic mass is 16.4. The number of aromatic nitrogens is 2. The Hall–Kier alpha value is -2.70. The summed E-state index contributed by atoms with van der Waals surface area (Å²) in [5.74, 6) is -2.03. The summed E-state index contributed by atoms with van der Waals surface area (Å²) in [6.45, 7) is 3.38. The summed E-state index contributed by atoms with van der Waals surface area (Å²) in [4.78, 5) is 35.0. The third-order valence-electron chi connectivity index (χ3n) is 3.13. The van der Waals surface area contributed by atoms with Crippen molar-refractivity contribution in [3.63, 3.8) is 0 Å². The number of rotatable bonds is 4. The number of carboxylic acids is 1. The molecule has 2 rings (SSSR count). The Kier molecular flexibility index (Phi) is 4.02. The number of fused-ring (bicyclic) bond motifs is 1. The standard InChI is InChI=1S/C14H15N3O4/c1-7(2)10(14(20)21)15-13(19)11-8-5-3-4-6-9(8)12(18)17-16-11/h3-7,10H,1-2H3,(H,15,19)(H,17,18)(H,20,21). The molecule has 1 unspecified atom stereocenters. The van der Waals surface area contributed by atoms with E-state index in [4.69, 9.17) is 5.11 Å². The summed E-state index contributed by atoms with van der Waals surface area (Å²) in [5.41, 5.74) is -0.405. The molecular formula is C14H15N3O4. The van der Waals surface area contributed by atoms with Crippen molar-refractivity contribution < 1.29 is 14.7 Å². The molecule has 7 heteroatoms. The molecule has 21 heavy (non-hydrogen) atoms. The van der Waals surface area contributed by atoms with Gasteiger partial charge in [0.1, 0.15) is 6.04 Å². The molecule has 0 spiro atoms. The molecule has 0 aliphatic heterocycles. The maximum absolute atomic E-state index is 12.2. The number of carboxylic acid groups (broad SMARTS) is 1. The number of hydrogen-bond donors (Lipinski definition) is 3. The minimum Gasteiger partial charge on any atom is -0.480 e. The largest absolute Gasteiger partial charge is 0.480 e. The highest BCUT2D eigenvalue weighted by Crippen LogP contribution is 2.13. The molecule has 3 N–H and O–H groups in total. The van der Waals surface area contributed by atoms with Crippen LogP contribution in [-0.4, -0.2) is 33.2 Å².